The van der Waals surface area contributed by atoms with Crippen molar-refractivity contribution in [1.29, 1.82) is 0 Å². The van der Waals surface area contributed by atoms with Crippen LogP contribution < -0.4 is 10.1 Å². The number of hydrogen-bond donors (Lipinski definition) is 1. The summed E-state index contributed by atoms with van der Waals surface area (Å²) < 4.78 is 59.1. The van der Waals surface area contributed by atoms with E-state index in [4.69, 9.17) is 4.74 Å². The first-order valence-corrected chi connectivity index (χ1v) is 14.7. The molecule has 0 amide bonds. The molecule has 1 aliphatic carbocycles. The fraction of sp³-hybridized carbons (Fsp3) is 0.464. The van der Waals surface area contributed by atoms with Crippen LogP contribution in [-0.4, -0.2) is 79.5 Å². The Morgan fingerprint density at radius 3 is 2.42 bits per heavy atom. The fourth-order valence-electron chi connectivity index (χ4n) is 3.86. The predicted octanol–water partition coefficient (Wildman–Crippen LogP) is 4.21. The van der Waals surface area contributed by atoms with Crippen molar-refractivity contribution in [3.63, 3.8) is 0 Å². The summed E-state index contributed by atoms with van der Waals surface area (Å²) in [5, 5.41) is 2.81. The van der Waals surface area contributed by atoms with Gasteiger partial charge in [-0.05, 0) is 57.3 Å². The lowest BCUT2D eigenvalue weighted by atomic mass is 10.1. The molecule has 11 nitrogen and oxygen atoms in total. The molecule has 0 aromatic carbocycles. The SMILES string of the molecule is C=C(/N=C(\C(/N=C(\C=O)NCc1ncc([S+]([O-])CC)cn1)=C(C)C)N(C)C(C)C(F)(F)F)c1c(OC)ncnc1C1CC1. The smallest absolute Gasteiger partial charge is 0.408 e. The summed E-state index contributed by atoms with van der Waals surface area (Å²) in [6.45, 7) is 10.1. The molecule has 15 heteroatoms. The molecule has 0 radical (unpaired) electrons. The van der Waals surface area contributed by atoms with Crippen LogP contribution in [0.5, 0.6) is 5.88 Å². The fourth-order valence-corrected chi connectivity index (χ4v) is 4.54. The van der Waals surface area contributed by atoms with Gasteiger partial charge in [-0.3, -0.25) is 4.79 Å². The van der Waals surface area contributed by atoms with Crippen LogP contribution in [0.3, 0.4) is 0 Å². The van der Waals surface area contributed by atoms with Crippen molar-refractivity contribution in [1.82, 2.24) is 30.2 Å². The van der Waals surface area contributed by atoms with Crippen molar-refractivity contribution in [2.45, 2.75) is 70.1 Å². The summed E-state index contributed by atoms with van der Waals surface area (Å²) in [6, 6.07) is -1.96. The van der Waals surface area contributed by atoms with Crippen LogP contribution in [0.4, 0.5) is 13.2 Å². The van der Waals surface area contributed by atoms with Gasteiger partial charge in [-0.15, -0.1) is 0 Å². The minimum absolute atomic E-state index is 0.0211. The van der Waals surface area contributed by atoms with Gasteiger partial charge in [0.05, 0.1) is 43.0 Å². The molecule has 0 aliphatic heterocycles. The van der Waals surface area contributed by atoms with E-state index in [-0.39, 0.29) is 41.4 Å². The third kappa shape index (κ3) is 8.60. The Kier molecular flexibility index (Phi) is 11.4. The van der Waals surface area contributed by atoms with Crippen molar-refractivity contribution >= 4 is 34.8 Å². The lowest BCUT2D eigenvalue weighted by Crippen LogP contribution is -2.45. The monoisotopic (exact) mass is 620 g/mol. The third-order valence-electron chi connectivity index (χ3n) is 6.58. The zero-order valence-electron chi connectivity index (χ0n) is 24.9. The summed E-state index contributed by atoms with van der Waals surface area (Å²) in [4.78, 5) is 39.2. The molecule has 1 fully saturated rings. The van der Waals surface area contributed by atoms with E-state index in [0.717, 1.165) is 24.7 Å². The number of hydrogen-bond acceptors (Lipinski definition) is 9. The number of rotatable bonds is 12. The molecule has 0 bridgehead atoms. The number of ether oxygens (including phenoxy) is 1. The van der Waals surface area contributed by atoms with Gasteiger partial charge in [-0.25, -0.2) is 29.9 Å². The van der Waals surface area contributed by atoms with Crippen LogP contribution in [0.2, 0.25) is 0 Å². The molecule has 2 heterocycles. The first kappa shape index (κ1) is 33.6. The molecular formula is C28H35F3N8O3S. The summed E-state index contributed by atoms with van der Waals surface area (Å²) in [5.41, 5.74) is 1.64. The highest BCUT2D eigenvalue weighted by Gasteiger charge is 2.41. The maximum Gasteiger partial charge on any atom is 0.408 e. The lowest BCUT2D eigenvalue weighted by Gasteiger charge is -2.30. The average molecular weight is 621 g/mol. The first-order chi connectivity index (χ1) is 20.3. The number of carbonyl (C=O) groups is 1. The molecule has 232 valence electrons. The second-order valence-corrected chi connectivity index (χ2v) is 11.7. The molecular weight excluding hydrogens is 585 g/mol. The molecule has 2 atom stereocenters. The van der Waals surface area contributed by atoms with Crippen molar-refractivity contribution in [3.05, 3.63) is 53.7 Å². The van der Waals surface area contributed by atoms with Gasteiger partial charge in [-0.2, -0.15) is 13.2 Å². The van der Waals surface area contributed by atoms with Crippen molar-refractivity contribution in [2.75, 3.05) is 19.9 Å². The predicted molar refractivity (Wildman–Crippen MR) is 158 cm³/mol. The van der Waals surface area contributed by atoms with E-state index < -0.39 is 23.4 Å². The summed E-state index contributed by atoms with van der Waals surface area (Å²) >= 11 is -1.22. The summed E-state index contributed by atoms with van der Waals surface area (Å²) in [7, 11) is 2.67. The Morgan fingerprint density at radius 1 is 1.26 bits per heavy atom. The van der Waals surface area contributed by atoms with Gasteiger partial charge < -0.3 is 19.5 Å². The number of aromatic nitrogens is 4. The molecule has 0 saturated heterocycles. The Hall–Kier alpha value is -3.85. The highest BCUT2D eigenvalue weighted by Crippen LogP contribution is 2.44. The standard InChI is InChI=1S/C28H35F3N8O3S/c1-8-43(41)20-11-32-21(33-12-20)13-34-22(14-40)38-24(16(2)3)26(39(6)18(5)28(29,30)31)37-17(4)23-25(19-9-10-19)35-15-36-27(23)42-7/h11-12,14-15,18-19H,4,8-10,13H2,1-3,5-7H3,(H,34,38)/b37-26+. The molecule has 2 aromatic heterocycles. The normalized spacial score (nSPS) is 15.4. The second-order valence-electron chi connectivity index (χ2n) is 9.91. The van der Waals surface area contributed by atoms with Gasteiger partial charge in [0.15, 0.2) is 22.9 Å². The highest BCUT2D eigenvalue weighted by atomic mass is 32.2. The van der Waals surface area contributed by atoms with Gasteiger partial charge in [0.1, 0.15) is 29.6 Å². The van der Waals surface area contributed by atoms with Crippen LogP contribution >= 0.6 is 0 Å². The maximum absolute atomic E-state index is 13.9. The Balaban J connectivity index is 2.04. The van der Waals surface area contributed by atoms with Crippen molar-refractivity contribution in [3.8, 4) is 5.88 Å². The number of carbonyl (C=O) groups excluding carboxylic acids is 1. The van der Waals surface area contributed by atoms with E-state index >= 15 is 0 Å². The van der Waals surface area contributed by atoms with Gasteiger partial charge in [0.25, 0.3) is 0 Å². The van der Waals surface area contributed by atoms with Gasteiger partial charge in [-0.1, -0.05) is 6.58 Å². The molecule has 0 spiro atoms. The molecule has 1 saturated carbocycles. The molecule has 1 aliphatic rings. The van der Waals surface area contributed by atoms with Gasteiger partial charge in [0, 0.05) is 13.0 Å². The molecule has 2 aromatic rings. The zero-order chi connectivity index (χ0) is 31.9. The number of nitrogens with one attached hydrogen (secondary N) is 1. The van der Waals surface area contributed by atoms with Gasteiger partial charge in [0.2, 0.25) is 5.88 Å². The number of halogens is 3. The highest BCUT2D eigenvalue weighted by molar-refractivity contribution is 7.91. The maximum atomic E-state index is 13.9. The average Bonchev–Trinajstić information content (AvgIpc) is 3.84. The summed E-state index contributed by atoms with van der Waals surface area (Å²) in [5.74, 6) is 0.678. The molecule has 2 unspecified atom stereocenters. The number of alkyl halides is 3. The van der Waals surface area contributed by atoms with E-state index in [1.165, 1.54) is 32.9 Å². The van der Waals surface area contributed by atoms with E-state index in [0.29, 0.717) is 39.6 Å². The molecule has 43 heavy (non-hydrogen) atoms. The Morgan fingerprint density at radius 2 is 1.91 bits per heavy atom. The zero-order valence-corrected chi connectivity index (χ0v) is 25.7. The topological polar surface area (TPSA) is 141 Å². The number of aldehydes is 1. The number of likely N-dealkylation sites (N-methyl/N-ethyl adjacent to an activating group) is 1. The number of allylic oxidation sites excluding steroid dienone is 1. The van der Waals surface area contributed by atoms with E-state index in [9.17, 15) is 22.5 Å². The minimum atomic E-state index is -4.60. The second kappa shape index (κ2) is 14.6. The largest absolute Gasteiger partial charge is 0.611 e. The Bertz CT molecular complexity index is 1400. The van der Waals surface area contributed by atoms with E-state index in [1.807, 2.05) is 0 Å². The van der Waals surface area contributed by atoms with Crippen molar-refractivity contribution in [2.24, 2.45) is 9.98 Å². The van der Waals surface area contributed by atoms with Crippen LogP contribution in [-0.2, 0) is 22.5 Å². The number of methoxy groups -OCH3 is 1. The van der Waals surface area contributed by atoms with Crippen LogP contribution in [0.25, 0.3) is 5.70 Å². The molecule has 1 N–H and O–H groups in total. The summed E-state index contributed by atoms with van der Waals surface area (Å²) in [6.07, 6.45) is 1.85. The van der Waals surface area contributed by atoms with Gasteiger partial charge >= 0.3 is 6.18 Å². The van der Waals surface area contributed by atoms with Crippen LogP contribution in [0.15, 0.2) is 51.5 Å². The first-order valence-electron chi connectivity index (χ1n) is 13.4. The van der Waals surface area contributed by atoms with E-state index in [1.54, 1.807) is 20.8 Å². The van der Waals surface area contributed by atoms with Crippen molar-refractivity contribution < 1.29 is 27.3 Å². The number of amidine groups is 2. The quantitative estimate of drug-likeness (QED) is 0.160. The van der Waals surface area contributed by atoms with Crippen LogP contribution in [0, 0.1) is 0 Å². The number of aliphatic imine (C=N–C) groups is 2. The van der Waals surface area contributed by atoms with Crippen LogP contribution in [0.1, 0.15) is 63.5 Å². The molecule has 3 rings (SSSR count). The Labute approximate surface area is 251 Å². The third-order valence-corrected chi connectivity index (χ3v) is 7.84. The number of nitrogens with zero attached hydrogens (tertiary/aromatic N) is 7. The van der Waals surface area contributed by atoms with E-state index in [2.05, 4.69) is 41.8 Å². The lowest BCUT2D eigenvalue weighted by molar-refractivity contribution is -0.166. The minimum Gasteiger partial charge on any atom is -0.611 e.